The van der Waals surface area contributed by atoms with Gasteiger partial charge in [0.05, 0.1) is 0 Å². The summed E-state index contributed by atoms with van der Waals surface area (Å²) in [6, 6.07) is 9.79. The Balaban J connectivity index is 0.00000182. The fourth-order valence-electron chi connectivity index (χ4n) is 6.48. The van der Waals surface area contributed by atoms with Crippen molar-refractivity contribution < 1.29 is 75.4 Å². The Morgan fingerprint density at radius 3 is 0.673 bits per heavy atom. The van der Waals surface area contributed by atoms with Gasteiger partial charge >= 0.3 is 75.4 Å². The monoisotopic (exact) mass is 644 g/mol. The number of hydrogen-bond acceptors (Lipinski definition) is 0. The summed E-state index contributed by atoms with van der Waals surface area (Å²) in [5.41, 5.74) is 10.4. The second kappa shape index (κ2) is 22.0. The average Bonchev–Trinajstić information content (AvgIpc) is 3.14. The summed E-state index contributed by atoms with van der Waals surface area (Å²) < 4.78 is 0. The van der Waals surface area contributed by atoms with Crippen LogP contribution in [0.2, 0.25) is 0 Å². The van der Waals surface area contributed by atoms with Gasteiger partial charge in [0.1, 0.15) is 0 Å². The Kier molecular flexibility index (Phi) is 18.2. The van der Waals surface area contributed by atoms with E-state index in [1.54, 1.807) is 0 Å². The van der Waals surface area contributed by atoms with Gasteiger partial charge in [0.25, 0.3) is 0 Å². The normalized spacial score (nSPS) is 17.4. The predicted octanol–water partition coefficient (Wildman–Crippen LogP) is -4.26. The molecule has 0 unspecified atom stereocenters. The van der Waals surface area contributed by atoms with Crippen LogP contribution in [0.15, 0.2) is 168 Å². The van der Waals surface area contributed by atoms with Crippen molar-refractivity contribution in [2.45, 2.75) is 25.7 Å². The van der Waals surface area contributed by atoms with Crippen molar-refractivity contribution in [2.24, 2.45) is 0 Å². The number of allylic oxidation sites excluding steroid dienone is 24. The Morgan fingerprint density at radius 1 is 0.288 bits per heavy atom. The van der Waals surface area contributed by atoms with Crippen LogP contribution in [-0.2, 0) is 25.7 Å². The van der Waals surface area contributed by atoms with Gasteiger partial charge in [-0.15, -0.1) is 22.3 Å². The van der Waals surface area contributed by atoms with E-state index in [0.29, 0.717) is 0 Å². The van der Waals surface area contributed by atoms with E-state index in [2.05, 4.69) is 196 Å². The van der Waals surface area contributed by atoms with Gasteiger partial charge in [0.15, 0.2) is 0 Å². The van der Waals surface area contributed by atoms with Crippen molar-refractivity contribution in [1.82, 2.24) is 0 Å². The Morgan fingerprint density at radius 2 is 0.481 bits per heavy atom. The topological polar surface area (TPSA) is 0 Å². The van der Waals surface area contributed by atoms with Crippen molar-refractivity contribution >= 4 is 24.3 Å². The van der Waals surface area contributed by atoms with Crippen LogP contribution in [0.3, 0.4) is 0 Å². The summed E-state index contributed by atoms with van der Waals surface area (Å²) in [6.45, 7) is 0. The Bertz CT molecular complexity index is 1850. The van der Waals surface area contributed by atoms with Crippen LogP contribution in [0.1, 0.15) is 22.3 Å². The summed E-state index contributed by atoms with van der Waals surface area (Å²) in [7, 11) is 0. The third-order valence-corrected chi connectivity index (χ3v) is 9.15. The molecule has 2 aromatic carbocycles. The summed E-state index contributed by atoms with van der Waals surface area (Å²) in [5.74, 6) is 0. The van der Waals surface area contributed by atoms with Crippen LogP contribution in [-0.4, -0.2) is 0 Å². The zero-order chi connectivity index (χ0) is 32.4. The third kappa shape index (κ3) is 11.8. The molecule has 0 aromatic heterocycles. The maximum atomic E-state index is 2.45. The zero-order valence-corrected chi connectivity index (χ0v) is 31.3. The van der Waals surface area contributed by atoms with Crippen LogP contribution in [0, 0.1) is 25.7 Å². The minimum Gasteiger partial charge on any atom is -0.172 e. The van der Waals surface area contributed by atoms with Crippen LogP contribution >= 0.6 is 0 Å². The quantitative estimate of drug-likeness (QED) is 0.234. The van der Waals surface area contributed by atoms with E-state index in [-0.39, 0.29) is 75.4 Å². The molecule has 0 fully saturated rings. The summed E-state index contributed by atoms with van der Waals surface area (Å²) in [6.07, 6.45) is 64.6. The standard InChI is InChI=1S/C48H40.4Li/c1-5-13-37(14-6-1)21-25-41-33-46-31-32-48-36-43(27-23-39-17-9-3-10-18-39)47(35-44(48)28-24-40-19-11-4-12-20-40)30-29-45(41)34-42(46)26-22-38-15-7-2-8-16-38;;;;/h1-28,33-36H,29-32H2;;;;/q-4;4*+1/b41-25+,42-26+,43-27+,44-28+;;;;. The number of benzene rings is 2. The van der Waals surface area contributed by atoms with Gasteiger partial charge in [0.2, 0.25) is 0 Å². The third-order valence-electron chi connectivity index (χ3n) is 9.15. The number of aryl methyl sites for hydroxylation is 4. The molecule has 0 amide bonds. The second-order valence-electron chi connectivity index (χ2n) is 12.5. The van der Waals surface area contributed by atoms with E-state index in [4.69, 9.17) is 0 Å². The van der Waals surface area contributed by atoms with Crippen molar-refractivity contribution in [2.75, 3.05) is 0 Å². The van der Waals surface area contributed by atoms with Gasteiger partial charge in [-0.1, -0.05) is 72.9 Å². The maximum Gasteiger partial charge on any atom is 1.00 e. The summed E-state index contributed by atoms with van der Waals surface area (Å²) >= 11 is 0. The summed E-state index contributed by atoms with van der Waals surface area (Å²) in [4.78, 5) is 0. The van der Waals surface area contributed by atoms with Crippen molar-refractivity contribution in [3.05, 3.63) is 237 Å². The molecular weight excluding hydrogens is 604 g/mol. The second-order valence-corrected chi connectivity index (χ2v) is 12.5. The first-order valence-corrected chi connectivity index (χ1v) is 17.0. The molecule has 0 aliphatic heterocycles. The molecule has 4 heteroatoms. The van der Waals surface area contributed by atoms with E-state index in [1.807, 2.05) is 0 Å². The largest absolute Gasteiger partial charge is 1.00 e. The van der Waals surface area contributed by atoms with Gasteiger partial charge in [0, 0.05) is 0 Å². The fourth-order valence-corrected chi connectivity index (χ4v) is 6.48. The Hall–Kier alpha value is -3.33. The molecule has 0 atom stereocenters. The van der Waals surface area contributed by atoms with Crippen LogP contribution < -0.4 is 96.3 Å². The smallest absolute Gasteiger partial charge is 0.172 e. The first kappa shape index (κ1) is 43.1. The van der Waals surface area contributed by atoms with E-state index >= 15 is 0 Å². The van der Waals surface area contributed by atoms with E-state index in [0.717, 1.165) is 25.7 Å². The van der Waals surface area contributed by atoms with E-state index < -0.39 is 0 Å². The predicted molar refractivity (Wildman–Crippen MR) is 207 cm³/mol. The van der Waals surface area contributed by atoms with Crippen molar-refractivity contribution in [1.29, 1.82) is 0 Å². The maximum absolute atomic E-state index is 2.45. The molecule has 0 nitrogen and oxygen atoms in total. The number of rotatable bonds is 4. The molecule has 8 aliphatic carbocycles. The molecule has 4 bridgehead atoms. The van der Waals surface area contributed by atoms with Gasteiger partial charge < -0.3 is 0 Å². The van der Waals surface area contributed by atoms with Crippen molar-refractivity contribution in [3.8, 4) is 0 Å². The van der Waals surface area contributed by atoms with Crippen LogP contribution in [0.5, 0.6) is 0 Å². The molecule has 0 saturated heterocycles. The van der Waals surface area contributed by atoms with Gasteiger partial charge in [-0.3, -0.25) is 0 Å². The van der Waals surface area contributed by atoms with Crippen molar-refractivity contribution in [3.63, 3.8) is 0 Å². The number of hydrogen-bond donors (Lipinski definition) is 0. The van der Waals surface area contributed by atoms with E-state index in [1.165, 1.54) is 65.4 Å². The molecule has 0 saturated carbocycles. The minimum atomic E-state index is 0. The van der Waals surface area contributed by atoms with Crippen LogP contribution in [0.4, 0.5) is 0 Å². The molecule has 236 valence electrons. The summed E-state index contributed by atoms with van der Waals surface area (Å²) in [5, 5.41) is 5.25. The molecule has 8 aliphatic rings. The average molecular weight is 645 g/mol. The Labute approximate surface area is 359 Å². The molecule has 0 spiro atoms. The minimum absolute atomic E-state index is 0. The molecule has 0 radical (unpaired) electrons. The molecule has 10 rings (SSSR count). The van der Waals surface area contributed by atoms with Gasteiger partial charge in [-0.05, 0) is 68.8 Å². The first-order valence-electron chi connectivity index (χ1n) is 17.0. The SMILES string of the molecule is C1=CC(=C/C=c2\cc3/c(=C/C=C4C=C[CH-]C=C4)cc2CCc2c/c(=C\C=C4C=C[CH-]C=C4)c(c/c2=C\C=C2C=C[CH-]C=C2)CC3)C=C[CH-]1.[Li+].[Li+].[Li+].[Li+]. The molecule has 0 N–H and O–H groups in total. The molecule has 52 heavy (non-hydrogen) atoms. The molecular formula is C48H40Li4. The molecule has 2 aromatic rings. The zero-order valence-electron chi connectivity index (χ0n) is 31.3. The van der Waals surface area contributed by atoms with Gasteiger partial charge in [-0.2, -0.15) is 123 Å². The molecule has 0 heterocycles. The van der Waals surface area contributed by atoms with Crippen LogP contribution in [0.25, 0.3) is 24.3 Å². The van der Waals surface area contributed by atoms with E-state index in [9.17, 15) is 0 Å². The first-order chi connectivity index (χ1) is 23.8. The van der Waals surface area contributed by atoms with Gasteiger partial charge in [-0.25, -0.2) is 0 Å². The fraction of sp³-hybridized carbons (Fsp3) is 0.0833.